The number of ether oxygens (including phenoxy) is 2. The van der Waals surface area contributed by atoms with Crippen molar-refractivity contribution in [3.8, 4) is 0 Å². The third-order valence-electron chi connectivity index (χ3n) is 4.43. The molecule has 1 N–H and O–H groups in total. The van der Waals surface area contributed by atoms with E-state index in [2.05, 4.69) is 12.2 Å². The molecule has 1 fully saturated rings. The van der Waals surface area contributed by atoms with E-state index in [-0.39, 0.29) is 30.6 Å². The van der Waals surface area contributed by atoms with Crippen LogP contribution in [0.25, 0.3) is 0 Å². The van der Waals surface area contributed by atoms with E-state index in [0.717, 1.165) is 12.8 Å². The lowest BCUT2D eigenvalue weighted by Gasteiger charge is -2.30. The molecule has 1 aromatic rings. The molecular weight excluding hydrogens is 336 g/mol. The van der Waals surface area contributed by atoms with E-state index in [0.29, 0.717) is 24.7 Å². The average Bonchev–Trinajstić information content (AvgIpc) is 3.00. The first kappa shape index (κ1) is 18.0. The van der Waals surface area contributed by atoms with E-state index in [1.54, 1.807) is 17.0 Å². The summed E-state index contributed by atoms with van der Waals surface area (Å²) in [6, 6.07) is 9.04. The Balaban J connectivity index is 1.62. The van der Waals surface area contributed by atoms with Crippen LogP contribution < -0.4 is 5.32 Å². The van der Waals surface area contributed by atoms with Gasteiger partial charge in [-0.25, -0.2) is 4.79 Å². The van der Waals surface area contributed by atoms with Gasteiger partial charge in [0.25, 0.3) is 5.91 Å². The number of anilines is 1. The SMILES string of the molecule is C[C@@H]1CCCN(C(=O)COC(=O)C2=C(Nc3ccccc3)OCC2=O)C1. The van der Waals surface area contributed by atoms with Crippen LogP contribution in [0.2, 0.25) is 0 Å². The standard InChI is InChI=1S/C19H22N2O5/c1-13-6-5-9-21(10-13)16(23)12-26-19(24)17-15(22)11-25-18(17)20-14-7-3-2-4-8-14/h2-4,7-8,13,20H,5-6,9-12H2,1H3/t13-/m1/s1. The highest BCUT2D eigenvalue weighted by Crippen LogP contribution is 2.21. The summed E-state index contributed by atoms with van der Waals surface area (Å²) in [5.74, 6) is -1.05. The van der Waals surface area contributed by atoms with Gasteiger partial charge in [-0.05, 0) is 30.9 Å². The van der Waals surface area contributed by atoms with Crippen LogP contribution in [0.15, 0.2) is 41.8 Å². The van der Waals surface area contributed by atoms with Crippen LogP contribution in [0, 0.1) is 5.92 Å². The van der Waals surface area contributed by atoms with Crippen molar-refractivity contribution in [2.45, 2.75) is 19.8 Å². The number of rotatable bonds is 5. The van der Waals surface area contributed by atoms with Gasteiger partial charge in [0.1, 0.15) is 0 Å². The van der Waals surface area contributed by atoms with Crippen LogP contribution in [0.1, 0.15) is 19.8 Å². The fraction of sp³-hybridized carbons (Fsp3) is 0.421. The third-order valence-corrected chi connectivity index (χ3v) is 4.43. The number of esters is 1. The van der Waals surface area contributed by atoms with Crippen molar-refractivity contribution < 1.29 is 23.9 Å². The summed E-state index contributed by atoms with van der Waals surface area (Å²) < 4.78 is 10.3. The van der Waals surface area contributed by atoms with Gasteiger partial charge in [-0.3, -0.25) is 9.59 Å². The highest BCUT2D eigenvalue weighted by molar-refractivity contribution is 6.20. The summed E-state index contributed by atoms with van der Waals surface area (Å²) in [5, 5.41) is 2.90. The molecule has 0 aromatic heterocycles. The number of carbonyl (C=O) groups excluding carboxylic acids is 3. The summed E-state index contributed by atoms with van der Waals surface area (Å²) in [7, 11) is 0. The number of ketones is 1. The van der Waals surface area contributed by atoms with E-state index in [1.807, 2.05) is 18.2 Å². The maximum atomic E-state index is 12.3. The predicted octanol–water partition coefficient (Wildman–Crippen LogP) is 1.71. The van der Waals surface area contributed by atoms with Crippen LogP contribution in [0.3, 0.4) is 0 Å². The zero-order chi connectivity index (χ0) is 18.5. The van der Waals surface area contributed by atoms with Crippen molar-refractivity contribution in [1.29, 1.82) is 0 Å². The highest BCUT2D eigenvalue weighted by Gasteiger charge is 2.33. The van der Waals surface area contributed by atoms with Gasteiger partial charge in [-0.1, -0.05) is 25.1 Å². The molecule has 1 amide bonds. The molecule has 2 heterocycles. The van der Waals surface area contributed by atoms with Crippen LogP contribution in [0.5, 0.6) is 0 Å². The lowest BCUT2D eigenvalue weighted by atomic mass is 10.0. The lowest BCUT2D eigenvalue weighted by molar-refractivity contribution is -0.150. The van der Waals surface area contributed by atoms with E-state index in [9.17, 15) is 14.4 Å². The Morgan fingerprint density at radius 2 is 2.08 bits per heavy atom. The first-order chi connectivity index (χ1) is 12.5. The Labute approximate surface area is 151 Å². The summed E-state index contributed by atoms with van der Waals surface area (Å²) in [4.78, 5) is 38.2. The summed E-state index contributed by atoms with van der Waals surface area (Å²) >= 11 is 0. The number of para-hydroxylation sites is 1. The van der Waals surface area contributed by atoms with Crippen LogP contribution in [-0.4, -0.2) is 48.9 Å². The number of hydrogen-bond donors (Lipinski definition) is 1. The summed E-state index contributed by atoms with van der Waals surface area (Å²) in [6.07, 6.45) is 2.04. The topological polar surface area (TPSA) is 84.9 Å². The third kappa shape index (κ3) is 4.22. The first-order valence-electron chi connectivity index (χ1n) is 8.72. The van der Waals surface area contributed by atoms with Gasteiger partial charge in [0.15, 0.2) is 18.8 Å². The number of Topliss-reactive ketones (excluding diaryl/α,β-unsaturated/α-hetero) is 1. The largest absolute Gasteiger partial charge is 0.470 e. The monoisotopic (exact) mass is 358 g/mol. The molecular formula is C19H22N2O5. The Morgan fingerprint density at radius 3 is 2.81 bits per heavy atom. The molecule has 138 valence electrons. The molecule has 26 heavy (non-hydrogen) atoms. The Hall–Kier alpha value is -2.83. The maximum Gasteiger partial charge on any atom is 0.347 e. The molecule has 0 aliphatic carbocycles. The van der Waals surface area contributed by atoms with Gasteiger partial charge in [0, 0.05) is 18.8 Å². The fourth-order valence-corrected chi connectivity index (χ4v) is 3.07. The van der Waals surface area contributed by atoms with Crippen LogP contribution in [-0.2, 0) is 23.9 Å². The average molecular weight is 358 g/mol. The van der Waals surface area contributed by atoms with Gasteiger partial charge >= 0.3 is 5.97 Å². The molecule has 2 aliphatic rings. The minimum Gasteiger partial charge on any atom is -0.470 e. The molecule has 0 bridgehead atoms. The molecule has 1 saturated heterocycles. The normalized spacial score (nSPS) is 20.0. The number of piperidine rings is 1. The number of benzene rings is 1. The molecule has 0 saturated carbocycles. The van der Waals surface area contributed by atoms with Gasteiger partial charge in [-0.2, -0.15) is 0 Å². The van der Waals surface area contributed by atoms with Crippen molar-refractivity contribution in [3.63, 3.8) is 0 Å². The highest BCUT2D eigenvalue weighted by atomic mass is 16.5. The van der Waals surface area contributed by atoms with E-state index in [1.165, 1.54) is 0 Å². The number of nitrogens with one attached hydrogen (secondary N) is 1. The van der Waals surface area contributed by atoms with Crippen molar-refractivity contribution >= 4 is 23.3 Å². The zero-order valence-corrected chi connectivity index (χ0v) is 14.7. The quantitative estimate of drug-likeness (QED) is 0.637. The Morgan fingerprint density at radius 1 is 1.31 bits per heavy atom. The van der Waals surface area contributed by atoms with Crippen LogP contribution in [0.4, 0.5) is 5.69 Å². The molecule has 0 radical (unpaired) electrons. The van der Waals surface area contributed by atoms with E-state index in [4.69, 9.17) is 9.47 Å². The first-order valence-corrected chi connectivity index (χ1v) is 8.72. The van der Waals surface area contributed by atoms with Gasteiger partial charge < -0.3 is 19.7 Å². The van der Waals surface area contributed by atoms with Crippen molar-refractivity contribution in [2.75, 3.05) is 31.6 Å². The summed E-state index contributed by atoms with van der Waals surface area (Å²) in [5.41, 5.74) is 0.495. The smallest absolute Gasteiger partial charge is 0.347 e. The molecule has 7 heteroatoms. The number of nitrogens with zero attached hydrogens (tertiary/aromatic N) is 1. The number of likely N-dealkylation sites (tertiary alicyclic amines) is 1. The second-order valence-corrected chi connectivity index (χ2v) is 6.57. The summed E-state index contributed by atoms with van der Waals surface area (Å²) in [6.45, 7) is 2.83. The van der Waals surface area contributed by atoms with E-state index < -0.39 is 11.8 Å². The minimum absolute atomic E-state index is 0.0604. The van der Waals surface area contributed by atoms with Crippen molar-refractivity contribution in [1.82, 2.24) is 4.90 Å². The Bertz CT molecular complexity index is 729. The fourth-order valence-electron chi connectivity index (χ4n) is 3.07. The maximum absolute atomic E-state index is 12.3. The van der Waals surface area contributed by atoms with Gasteiger partial charge in [0.05, 0.1) is 0 Å². The number of carbonyl (C=O) groups is 3. The minimum atomic E-state index is -0.843. The number of hydrogen-bond acceptors (Lipinski definition) is 6. The lowest BCUT2D eigenvalue weighted by Crippen LogP contribution is -2.41. The molecule has 3 rings (SSSR count). The van der Waals surface area contributed by atoms with Gasteiger partial charge in [-0.15, -0.1) is 0 Å². The molecule has 2 aliphatic heterocycles. The molecule has 0 spiro atoms. The Kier molecular flexibility index (Phi) is 5.55. The number of amides is 1. The molecule has 0 unspecified atom stereocenters. The zero-order valence-electron chi connectivity index (χ0n) is 14.7. The molecule has 7 nitrogen and oxygen atoms in total. The predicted molar refractivity (Wildman–Crippen MR) is 94.0 cm³/mol. The molecule has 1 aromatic carbocycles. The second-order valence-electron chi connectivity index (χ2n) is 6.57. The van der Waals surface area contributed by atoms with E-state index >= 15 is 0 Å². The molecule has 1 atom stereocenters. The second kappa shape index (κ2) is 8.03. The van der Waals surface area contributed by atoms with Gasteiger partial charge in [0.2, 0.25) is 11.7 Å². The van der Waals surface area contributed by atoms with Crippen LogP contribution >= 0.6 is 0 Å². The van der Waals surface area contributed by atoms with Crippen molar-refractivity contribution in [2.24, 2.45) is 5.92 Å². The van der Waals surface area contributed by atoms with Crippen molar-refractivity contribution in [3.05, 3.63) is 41.8 Å².